The summed E-state index contributed by atoms with van der Waals surface area (Å²) < 4.78 is 6.24. The van der Waals surface area contributed by atoms with Gasteiger partial charge in [-0.1, -0.05) is 6.92 Å². The van der Waals surface area contributed by atoms with Crippen molar-refractivity contribution in [2.24, 2.45) is 11.5 Å². The molecule has 2 aromatic rings. The van der Waals surface area contributed by atoms with Crippen LogP contribution in [0.5, 0.6) is 5.75 Å². The molecule has 0 atom stereocenters. The minimum absolute atomic E-state index is 0.176. The molecule has 0 aliphatic carbocycles. The summed E-state index contributed by atoms with van der Waals surface area (Å²) >= 11 is 0. The zero-order valence-electron chi connectivity index (χ0n) is 11.5. The molecule has 7 nitrogen and oxygen atoms in total. The predicted molar refractivity (Wildman–Crippen MR) is 76.0 cm³/mol. The molecule has 0 saturated heterocycles. The molecule has 110 valence electrons. The van der Waals surface area contributed by atoms with Crippen LogP contribution in [0.25, 0.3) is 10.9 Å². The number of hydrogen-bond acceptors (Lipinski definition) is 4. The quantitative estimate of drug-likeness (QED) is 0.652. The number of nitrogens with zero attached hydrogens (tertiary/aromatic N) is 1. The van der Waals surface area contributed by atoms with Gasteiger partial charge in [0.15, 0.2) is 0 Å². The van der Waals surface area contributed by atoms with Crippen molar-refractivity contribution in [2.75, 3.05) is 0 Å². The van der Waals surface area contributed by atoms with Crippen molar-refractivity contribution < 1.29 is 19.1 Å². The van der Waals surface area contributed by atoms with E-state index in [2.05, 4.69) is 0 Å². The Hall–Kier alpha value is -2.83. The molecule has 4 N–H and O–H groups in total. The van der Waals surface area contributed by atoms with Crippen LogP contribution in [0.15, 0.2) is 24.4 Å². The van der Waals surface area contributed by atoms with E-state index in [1.165, 1.54) is 18.3 Å². The number of carbonyl (C=O) groups excluding carboxylic acids is 3. The third kappa shape index (κ3) is 2.86. The number of fused-ring (bicyclic) bond motifs is 1. The third-order valence-electron chi connectivity index (χ3n) is 2.97. The van der Waals surface area contributed by atoms with Crippen LogP contribution < -0.4 is 16.2 Å². The summed E-state index contributed by atoms with van der Waals surface area (Å²) in [6, 6.07) is 3.81. The van der Waals surface area contributed by atoms with Gasteiger partial charge in [0, 0.05) is 24.1 Å². The lowest BCUT2D eigenvalue weighted by molar-refractivity contribution is -0.134. The van der Waals surface area contributed by atoms with Gasteiger partial charge in [0.25, 0.3) is 5.91 Å². The molecule has 1 aromatic heterocycles. The Labute approximate surface area is 120 Å². The molecule has 1 aromatic carbocycles. The van der Waals surface area contributed by atoms with E-state index in [1.807, 2.05) is 6.92 Å². The maximum Gasteiger partial charge on any atom is 0.323 e. The summed E-state index contributed by atoms with van der Waals surface area (Å²) in [7, 11) is 0. The zero-order valence-corrected chi connectivity index (χ0v) is 11.5. The minimum atomic E-state index is -0.760. The van der Waals surface area contributed by atoms with Gasteiger partial charge in [-0.05, 0) is 18.6 Å². The van der Waals surface area contributed by atoms with Crippen molar-refractivity contribution >= 4 is 28.8 Å². The van der Waals surface area contributed by atoms with Gasteiger partial charge in [0.1, 0.15) is 5.75 Å². The summed E-state index contributed by atoms with van der Waals surface area (Å²) in [5.74, 6) is -0.766. The lowest BCUT2D eigenvalue weighted by atomic mass is 10.1. The Kier molecular flexibility index (Phi) is 3.93. The molecular formula is C14H15N3O4. The standard InChI is InChI=1S/C14H15N3O4/c1-2-3-12(18)21-8-4-5-9-10(13(15)19)7-17(14(16)20)11(9)6-8/h4-7H,2-3H2,1H3,(H2,15,19)(H2,16,20). The molecule has 0 saturated carbocycles. The molecule has 21 heavy (non-hydrogen) atoms. The van der Waals surface area contributed by atoms with E-state index in [0.29, 0.717) is 23.7 Å². The van der Waals surface area contributed by atoms with Crippen LogP contribution in [0, 0.1) is 0 Å². The van der Waals surface area contributed by atoms with Crippen LogP contribution in [-0.4, -0.2) is 22.5 Å². The fraction of sp³-hybridized carbons (Fsp3) is 0.214. The number of carbonyl (C=O) groups is 3. The highest BCUT2D eigenvalue weighted by molar-refractivity contribution is 6.08. The number of rotatable bonds is 4. The topological polar surface area (TPSA) is 117 Å². The molecule has 1 heterocycles. The van der Waals surface area contributed by atoms with Gasteiger partial charge < -0.3 is 16.2 Å². The van der Waals surface area contributed by atoms with Gasteiger partial charge in [0.2, 0.25) is 0 Å². The maximum atomic E-state index is 11.5. The molecule has 0 bridgehead atoms. The minimum Gasteiger partial charge on any atom is -0.426 e. The Balaban J connectivity index is 2.51. The van der Waals surface area contributed by atoms with Crippen LogP contribution in [0.4, 0.5) is 4.79 Å². The molecule has 2 rings (SSSR count). The number of hydrogen-bond donors (Lipinski definition) is 2. The summed E-state index contributed by atoms with van der Waals surface area (Å²) in [5, 5.41) is 0.469. The number of amides is 2. The smallest absolute Gasteiger partial charge is 0.323 e. The van der Waals surface area contributed by atoms with Crippen LogP contribution in [0.2, 0.25) is 0 Å². The fourth-order valence-corrected chi connectivity index (χ4v) is 2.04. The lowest BCUT2D eigenvalue weighted by Gasteiger charge is -2.05. The fourth-order valence-electron chi connectivity index (χ4n) is 2.04. The van der Waals surface area contributed by atoms with E-state index in [0.717, 1.165) is 4.57 Å². The molecule has 7 heteroatoms. The average Bonchev–Trinajstić information content (AvgIpc) is 2.77. The lowest BCUT2D eigenvalue weighted by Crippen LogP contribution is -2.18. The van der Waals surface area contributed by atoms with E-state index in [9.17, 15) is 14.4 Å². The van der Waals surface area contributed by atoms with Gasteiger partial charge in [-0.2, -0.15) is 0 Å². The van der Waals surface area contributed by atoms with E-state index in [1.54, 1.807) is 6.07 Å². The molecule has 0 spiro atoms. The largest absolute Gasteiger partial charge is 0.426 e. The monoisotopic (exact) mass is 289 g/mol. The number of esters is 1. The van der Waals surface area contributed by atoms with Crippen molar-refractivity contribution in [1.29, 1.82) is 0 Å². The molecule has 0 fully saturated rings. The second-order valence-electron chi connectivity index (χ2n) is 4.52. The third-order valence-corrected chi connectivity index (χ3v) is 2.97. The first-order valence-corrected chi connectivity index (χ1v) is 6.39. The van der Waals surface area contributed by atoms with Crippen LogP contribution in [0.1, 0.15) is 30.1 Å². The average molecular weight is 289 g/mol. The summed E-state index contributed by atoms with van der Waals surface area (Å²) in [5.41, 5.74) is 11.1. The van der Waals surface area contributed by atoms with Gasteiger partial charge in [-0.3, -0.25) is 14.2 Å². The Morgan fingerprint density at radius 3 is 2.52 bits per heavy atom. The van der Waals surface area contributed by atoms with Crippen molar-refractivity contribution in [1.82, 2.24) is 4.57 Å². The second-order valence-corrected chi connectivity index (χ2v) is 4.52. The van der Waals surface area contributed by atoms with Gasteiger partial charge >= 0.3 is 12.0 Å². The number of benzene rings is 1. The van der Waals surface area contributed by atoms with Gasteiger partial charge in [-0.25, -0.2) is 4.79 Å². The highest BCUT2D eigenvalue weighted by atomic mass is 16.5. The zero-order chi connectivity index (χ0) is 15.6. The van der Waals surface area contributed by atoms with E-state index < -0.39 is 11.9 Å². The normalized spacial score (nSPS) is 10.5. The van der Waals surface area contributed by atoms with Crippen molar-refractivity contribution in [3.8, 4) is 5.75 Å². The van der Waals surface area contributed by atoms with Crippen LogP contribution in [0.3, 0.4) is 0 Å². The van der Waals surface area contributed by atoms with Crippen LogP contribution >= 0.6 is 0 Å². The van der Waals surface area contributed by atoms with Crippen LogP contribution in [-0.2, 0) is 4.79 Å². The van der Waals surface area contributed by atoms with Crippen molar-refractivity contribution in [3.05, 3.63) is 30.0 Å². The predicted octanol–water partition coefficient (Wildman–Crippen LogP) is 1.37. The van der Waals surface area contributed by atoms with E-state index >= 15 is 0 Å². The first kappa shape index (κ1) is 14.6. The molecular weight excluding hydrogens is 274 g/mol. The summed E-state index contributed by atoms with van der Waals surface area (Å²) in [6.07, 6.45) is 2.24. The summed E-state index contributed by atoms with van der Waals surface area (Å²) in [4.78, 5) is 34.3. The summed E-state index contributed by atoms with van der Waals surface area (Å²) in [6.45, 7) is 1.86. The molecule has 0 aliphatic heterocycles. The maximum absolute atomic E-state index is 11.5. The second kappa shape index (κ2) is 5.66. The van der Waals surface area contributed by atoms with E-state index in [-0.39, 0.29) is 17.3 Å². The highest BCUT2D eigenvalue weighted by Crippen LogP contribution is 2.26. The SMILES string of the molecule is CCCC(=O)Oc1ccc2c(C(N)=O)cn(C(N)=O)c2c1. The molecule has 0 aliphatic rings. The van der Waals surface area contributed by atoms with E-state index in [4.69, 9.17) is 16.2 Å². The first-order chi connectivity index (χ1) is 9.93. The molecule has 0 unspecified atom stereocenters. The highest BCUT2D eigenvalue weighted by Gasteiger charge is 2.16. The Morgan fingerprint density at radius 1 is 1.24 bits per heavy atom. The first-order valence-electron chi connectivity index (χ1n) is 6.39. The van der Waals surface area contributed by atoms with Gasteiger partial charge in [0.05, 0.1) is 11.1 Å². The molecule has 2 amide bonds. The van der Waals surface area contributed by atoms with Crippen molar-refractivity contribution in [3.63, 3.8) is 0 Å². The number of aromatic nitrogens is 1. The van der Waals surface area contributed by atoms with Gasteiger partial charge in [-0.15, -0.1) is 0 Å². The molecule has 0 radical (unpaired) electrons. The van der Waals surface area contributed by atoms with Crippen molar-refractivity contribution in [2.45, 2.75) is 19.8 Å². The number of ether oxygens (including phenoxy) is 1. The number of primary amides is 2. The Bertz CT molecular complexity index is 733. The number of nitrogens with two attached hydrogens (primary N) is 2. The Morgan fingerprint density at radius 2 is 1.95 bits per heavy atom.